The van der Waals surface area contributed by atoms with Crippen LogP contribution < -0.4 is 5.32 Å². The Morgan fingerprint density at radius 1 is 1.08 bits per heavy atom. The van der Waals surface area contributed by atoms with Crippen LogP contribution in [0.25, 0.3) is 0 Å². The quantitative estimate of drug-likeness (QED) is 0.810. The molecule has 3 heteroatoms. The third-order valence-corrected chi connectivity index (χ3v) is 4.99. The second-order valence-corrected chi connectivity index (χ2v) is 7.06. The summed E-state index contributed by atoms with van der Waals surface area (Å²) in [4.78, 5) is 14.9. The molecule has 0 aromatic heterocycles. The van der Waals surface area contributed by atoms with Crippen molar-refractivity contribution in [1.82, 2.24) is 4.90 Å². The molecule has 1 fully saturated rings. The number of benzene rings is 2. The van der Waals surface area contributed by atoms with Gasteiger partial charge in [0.25, 0.3) is 0 Å². The minimum Gasteiger partial charge on any atom is -0.326 e. The molecule has 1 heterocycles. The average molecular weight is 336 g/mol. The van der Waals surface area contributed by atoms with Crippen LogP contribution in [-0.2, 0) is 11.2 Å². The van der Waals surface area contributed by atoms with Crippen LogP contribution in [0.15, 0.2) is 54.6 Å². The molecule has 2 aromatic carbocycles. The second kappa shape index (κ2) is 8.82. The molecule has 3 nitrogen and oxygen atoms in total. The Labute approximate surface area is 151 Å². The number of anilines is 1. The Kier molecular flexibility index (Phi) is 6.24. The Balaban J connectivity index is 1.51. The van der Waals surface area contributed by atoms with Gasteiger partial charge in [-0.2, -0.15) is 0 Å². The molecule has 0 aliphatic carbocycles. The summed E-state index contributed by atoms with van der Waals surface area (Å²) in [6.07, 6.45) is 4.21. The van der Waals surface area contributed by atoms with Crippen LogP contribution >= 0.6 is 0 Å². The molecule has 1 saturated heterocycles. The SMILES string of the molecule is C[C@H](CC(=O)Nc1cccc(CCN2CCCC2)c1)c1ccccc1. The summed E-state index contributed by atoms with van der Waals surface area (Å²) < 4.78 is 0. The van der Waals surface area contributed by atoms with E-state index in [1.165, 1.54) is 37.1 Å². The lowest BCUT2D eigenvalue weighted by Gasteiger charge is -2.15. The van der Waals surface area contributed by atoms with E-state index in [0.717, 1.165) is 18.7 Å². The molecule has 25 heavy (non-hydrogen) atoms. The molecule has 1 aliphatic rings. The summed E-state index contributed by atoms with van der Waals surface area (Å²) >= 11 is 0. The maximum absolute atomic E-state index is 12.4. The fourth-order valence-electron chi connectivity index (χ4n) is 3.49. The van der Waals surface area contributed by atoms with Crippen molar-refractivity contribution >= 4 is 11.6 Å². The molecular weight excluding hydrogens is 308 g/mol. The van der Waals surface area contributed by atoms with Crippen molar-refractivity contribution in [2.45, 2.75) is 38.5 Å². The van der Waals surface area contributed by atoms with Crippen molar-refractivity contribution in [1.29, 1.82) is 0 Å². The van der Waals surface area contributed by atoms with Gasteiger partial charge in [-0.25, -0.2) is 0 Å². The molecule has 0 saturated carbocycles. The number of carbonyl (C=O) groups excluding carboxylic acids is 1. The highest BCUT2D eigenvalue weighted by Crippen LogP contribution is 2.20. The smallest absolute Gasteiger partial charge is 0.224 e. The first kappa shape index (κ1) is 17.7. The minimum absolute atomic E-state index is 0.0769. The largest absolute Gasteiger partial charge is 0.326 e. The maximum Gasteiger partial charge on any atom is 0.224 e. The maximum atomic E-state index is 12.4. The van der Waals surface area contributed by atoms with Gasteiger partial charge in [0, 0.05) is 18.7 Å². The molecule has 132 valence electrons. The van der Waals surface area contributed by atoms with Gasteiger partial charge in [-0.1, -0.05) is 49.4 Å². The van der Waals surface area contributed by atoms with Crippen LogP contribution in [0.1, 0.15) is 43.2 Å². The predicted octanol–water partition coefficient (Wildman–Crippen LogP) is 4.46. The van der Waals surface area contributed by atoms with E-state index in [4.69, 9.17) is 0 Å². The number of carbonyl (C=O) groups is 1. The molecule has 1 atom stereocenters. The lowest BCUT2D eigenvalue weighted by molar-refractivity contribution is -0.116. The Bertz CT molecular complexity index is 677. The summed E-state index contributed by atoms with van der Waals surface area (Å²) in [6, 6.07) is 18.5. The van der Waals surface area contributed by atoms with Crippen LogP contribution in [0.4, 0.5) is 5.69 Å². The molecule has 3 rings (SSSR count). The first-order chi connectivity index (χ1) is 12.2. The molecule has 2 aromatic rings. The average Bonchev–Trinajstić information content (AvgIpc) is 3.14. The zero-order chi connectivity index (χ0) is 17.5. The second-order valence-electron chi connectivity index (χ2n) is 7.06. The zero-order valence-electron chi connectivity index (χ0n) is 15.1. The first-order valence-electron chi connectivity index (χ1n) is 9.37. The van der Waals surface area contributed by atoms with E-state index in [-0.39, 0.29) is 11.8 Å². The number of amides is 1. The number of likely N-dealkylation sites (tertiary alicyclic amines) is 1. The van der Waals surface area contributed by atoms with Crippen LogP contribution in [0.5, 0.6) is 0 Å². The van der Waals surface area contributed by atoms with Gasteiger partial charge in [-0.05, 0) is 61.5 Å². The summed E-state index contributed by atoms with van der Waals surface area (Å²) in [5.74, 6) is 0.299. The molecular formula is C22H28N2O. The van der Waals surface area contributed by atoms with E-state index in [2.05, 4.69) is 41.4 Å². The van der Waals surface area contributed by atoms with Crippen LogP contribution in [-0.4, -0.2) is 30.4 Å². The Morgan fingerprint density at radius 3 is 2.60 bits per heavy atom. The van der Waals surface area contributed by atoms with Gasteiger partial charge in [0.05, 0.1) is 0 Å². The number of hydrogen-bond acceptors (Lipinski definition) is 2. The molecule has 0 unspecified atom stereocenters. The van der Waals surface area contributed by atoms with Gasteiger partial charge in [-0.3, -0.25) is 4.79 Å². The Hall–Kier alpha value is -2.13. The zero-order valence-corrected chi connectivity index (χ0v) is 15.1. The van der Waals surface area contributed by atoms with Gasteiger partial charge >= 0.3 is 0 Å². The topological polar surface area (TPSA) is 32.3 Å². The third-order valence-electron chi connectivity index (χ3n) is 4.99. The van der Waals surface area contributed by atoms with Gasteiger partial charge in [0.2, 0.25) is 5.91 Å². The van der Waals surface area contributed by atoms with E-state index >= 15 is 0 Å². The van der Waals surface area contributed by atoms with Crippen molar-refractivity contribution in [3.63, 3.8) is 0 Å². The van der Waals surface area contributed by atoms with E-state index in [0.29, 0.717) is 6.42 Å². The molecule has 0 bridgehead atoms. The summed E-state index contributed by atoms with van der Waals surface area (Å²) in [6.45, 7) is 5.67. The van der Waals surface area contributed by atoms with Crippen molar-refractivity contribution < 1.29 is 4.79 Å². The standard InChI is InChI=1S/C22H28N2O/c1-18(20-9-3-2-4-10-20)16-22(25)23-21-11-7-8-19(17-21)12-15-24-13-5-6-14-24/h2-4,7-11,17-18H,5-6,12-16H2,1H3,(H,23,25)/t18-/m1/s1. The lowest BCUT2D eigenvalue weighted by atomic mass is 9.97. The van der Waals surface area contributed by atoms with Crippen LogP contribution in [0.2, 0.25) is 0 Å². The molecule has 1 aliphatic heterocycles. The summed E-state index contributed by atoms with van der Waals surface area (Å²) in [7, 11) is 0. The fourth-order valence-corrected chi connectivity index (χ4v) is 3.49. The number of nitrogens with zero attached hydrogens (tertiary/aromatic N) is 1. The van der Waals surface area contributed by atoms with Crippen molar-refractivity contribution in [2.24, 2.45) is 0 Å². The first-order valence-corrected chi connectivity index (χ1v) is 9.37. The fraction of sp³-hybridized carbons (Fsp3) is 0.409. The Morgan fingerprint density at radius 2 is 1.84 bits per heavy atom. The van der Waals surface area contributed by atoms with E-state index in [1.807, 2.05) is 30.3 Å². The lowest BCUT2D eigenvalue weighted by Crippen LogP contribution is -2.22. The summed E-state index contributed by atoms with van der Waals surface area (Å²) in [5.41, 5.74) is 3.40. The number of hydrogen-bond donors (Lipinski definition) is 1. The normalized spacial score (nSPS) is 15.9. The highest BCUT2D eigenvalue weighted by atomic mass is 16.1. The van der Waals surface area contributed by atoms with E-state index in [9.17, 15) is 4.79 Å². The molecule has 0 spiro atoms. The van der Waals surface area contributed by atoms with Crippen molar-refractivity contribution in [3.8, 4) is 0 Å². The van der Waals surface area contributed by atoms with Gasteiger partial charge in [-0.15, -0.1) is 0 Å². The van der Waals surface area contributed by atoms with Gasteiger partial charge < -0.3 is 10.2 Å². The number of nitrogens with one attached hydrogen (secondary N) is 1. The summed E-state index contributed by atoms with van der Waals surface area (Å²) in [5, 5.41) is 3.06. The van der Waals surface area contributed by atoms with Crippen LogP contribution in [0.3, 0.4) is 0 Å². The minimum atomic E-state index is 0.0769. The molecule has 0 radical (unpaired) electrons. The van der Waals surface area contributed by atoms with Crippen molar-refractivity contribution in [3.05, 3.63) is 65.7 Å². The molecule has 1 amide bonds. The number of rotatable bonds is 7. The van der Waals surface area contributed by atoms with E-state index < -0.39 is 0 Å². The predicted molar refractivity (Wildman–Crippen MR) is 104 cm³/mol. The highest BCUT2D eigenvalue weighted by Gasteiger charge is 2.13. The highest BCUT2D eigenvalue weighted by molar-refractivity contribution is 5.91. The van der Waals surface area contributed by atoms with Gasteiger partial charge in [0.15, 0.2) is 0 Å². The van der Waals surface area contributed by atoms with Crippen molar-refractivity contribution in [2.75, 3.05) is 25.0 Å². The van der Waals surface area contributed by atoms with Gasteiger partial charge in [0.1, 0.15) is 0 Å². The monoisotopic (exact) mass is 336 g/mol. The van der Waals surface area contributed by atoms with E-state index in [1.54, 1.807) is 0 Å². The molecule has 1 N–H and O–H groups in total. The third kappa shape index (κ3) is 5.43. The van der Waals surface area contributed by atoms with Crippen LogP contribution in [0, 0.1) is 0 Å².